The van der Waals surface area contributed by atoms with Crippen LogP contribution in [-0.2, 0) is 9.59 Å². The first-order valence-electron chi connectivity index (χ1n) is 7.93. The van der Waals surface area contributed by atoms with Gasteiger partial charge in [0.05, 0.1) is 12.4 Å². The molecule has 6 nitrogen and oxygen atoms in total. The second-order valence-corrected chi connectivity index (χ2v) is 7.45. The van der Waals surface area contributed by atoms with Gasteiger partial charge in [0.15, 0.2) is 0 Å². The summed E-state index contributed by atoms with van der Waals surface area (Å²) in [5.41, 5.74) is 1.000. The first-order valence-corrected chi connectivity index (χ1v) is 8.88. The smallest absolute Gasteiger partial charge is 0.239 e. The van der Waals surface area contributed by atoms with Crippen LogP contribution in [0.25, 0.3) is 0 Å². The van der Waals surface area contributed by atoms with Crippen molar-refractivity contribution in [2.24, 2.45) is 0 Å². The van der Waals surface area contributed by atoms with Gasteiger partial charge >= 0.3 is 0 Å². The van der Waals surface area contributed by atoms with Crippen LogP contribution in [0.4, 0.5) is 0 Å². The molecule has 2 atom stereocenters. The summed E-state index contributed by atoms with van der Waals surface area (Å²) in [6, 6.07) is 7.63. The number of rotatable bonds is 7. The van der Waals surface area contributed by atoms with Crippen molar-refractivity contribution in [3.8, 4) is 5.75 Å². The van der Waals surface area contributed by atoms with Crippen LogP contribution in [0.5, 0.6) is 5.75 Å². The van der Waals surface area contributed by atoms with Gasteiger partial charge in [-0.05, 0) is 38.7 Å². The van der Waals surface area contributed by atoms with E-state index >= 15 is 0 Å². The molecule has 0 saturated carbocycles. The van der Waals surface area contributed by atoms with Crippen LogP contribution in [0.3, 0.4) is 0 Å². The molecule has 132 valence electrons. The number of benzene rings is 1. The van der Waals surface area contributed by atoms with Crippen molar-refractivity contribution < 1.29 is 14.3 Å². The predicted octanol–water partition coefficient (Wildman–Crippen LogP) is 1.34. The molecule has 0 aromatic heterocycles. The van der Waals surface area contributed by atoms with E-state index in [4.69, 9.17) is 4.74 Å². The third kappa shape index (κ3) is 4.64. The number of nitrogens with one attached hydrogen (secondary N) is 1. The van der Waals surface area contributed by atoms with Gasteiger partial charge in [0, 0.05) is 13.1 Å². The monoisotopic (exact) mass is 351 g/mol. The molecule has 0 aliphatic carbocycles. The summed E-state index contributed by atoms with van der Waals surface area (Å²) in [7, 11) is 5.53. The highest BCUT2D eigenvalue weighted by molar-refractivity contribution is 8.01. The molecule has 1 aliphatic rings. The molecule has 0 spiro atoms. The average Bonchev–Trinajstić information content (AvgIpc) is 2.83. The van der Waals surface area contributed by atoms with Crippen LogP contribution >= 0.6 is 11.8 Å². The number of hydrogen-bond donors (Lipinski definition) is 1. The number of ether oxygens (including phenoxy) is 1. The Bertz CT molecular complexity index is 577. The van der Waals surface area contributed by atoms with Gasteiger partial charge in [-0.2, -0.15) is 0 Å². The summed E-state index contributed by atoms with van der Waals surface area (Å²) >= 11 is 1.57. The van der Waals surface area contributed by atoms with Gasteiger partial charge in [-0.25, -0.2) is 0 Å². The second-order valence-electron chi connectivity index (χ2n) is 6.02. The maximum Gasteiger partial charge on any atom is 0.239 e. The van der Waals surface area contributed by atoms with E-state index < -0.39 is 0 Å². The van der Waals surface area contributed by atoms with Crippen LogP contribution < -0.4 is 10.1 Å². The molecule has 1 heterocycles. The summed E-state index contributed by atoms with van der Waals surface area (Å²) in [4.78, 5) is 28.2. The Balaban J connectivity index is 2.03. The van der Waals surface area contributed by atoms with E-state index in [2.05, 4.69) is 5.32 Å². The maximum atomic E-state index is 12.4. The zero-order valence-corrected chi connectivity index (χ0v) is 15.4. The molecule has 1 aromatic carbocycles. The predicted molar refractivity (Wildman–Crippen MR) is 96.1 cm³/mol. The minimum absolute atomic E-state index is 0.00331. The van der Waals surface area contributed by atoms with E-state index in [-0.39, 0.29) is 29.0 Å². The molecule has 1 N–H and O–H groups in total. The third-order valence-corrected chi connectivity index (χ3v) is 5.24. The second kappa shape index (κ2) is 8.39. The highest BCUT2D eigenvalue weighted by Crippen LogP contribution is 2.42. The van der Waals surface area contributed by atoms with Gasteiger partial charge in [-0.1, -0.05) is 12.1 Å². The van der Waals surface area contributed by atoms with Crippen LogP contribution in [0.2, 0.25) is 0 Å². The fourth-order valence-corrected chi connectivity index (χ4v) is 3.77. The summed E-state index contributed by atoms with van der Waals surface area (Å²) in [5.74, 6) is 0.649. The van der Waals surface area contributed by atoms with Crippen molar-refractivity contribution in [3.05, 3.63) is 29.8 Å². The number of nitrogens with zero attached hydrogens (tertiary/aromatic N) is 2. The largest absolute Gasteiger partial charge is 0.497 e. The maximum absolute atomic E-state index is 12.4. The molecular weight excluding hydrogens is 326 g/mol. The van der Waals surface area contributed by atoms with Crippen molar-refractivity contribution in [1.29, 1.82) is 0 Å². The van der Waals surface area contributed by atoms with Crippen LogP contribution in [-0.4, -0.2) is 67.7 Å². The van der Waals surface area contributed by atoms with Crippen molar-refractivity contribution in [1.82, 2.24) is 15.1 Å². The third-order valence-electron chi connectivity index (χ3n) is 3.84. The quantitative estimate of drug-likeness (QED) is 0.803. The lowest BCUT2D eigenvalue weighted by Crippen LogP contribution is -2.41. The van der Waals surface area contributed by atoms with Crippen molar-refractivity contribution in [3.63, 3.8) is 0 Å². The number of likely N-dealkylation sites (N-methyl/N-ethyl adjacent to an activating group) is 1. The lowest BCUT2D eigenvalue weighted by atomic mass is 10.2. The standard InChI is InChI=1S/C17H25N3O3S/c1-12-16(22)20(11-15(21)18-9-10-19(2)3)17(24-12)13-5-7-14(23-4)8-6-13/h5-8,12,17H,9-11H2,1-4H3,(H,18,21)/t12-,17+/m1/s1. The highest BCUT2D eigenvalue weighted by atomic mass is 32.2. The van der Waals surface area contributed by atoms with Crippen LogP contribution in [0, 0.1) is 0 Å². The topological polar surface area (TPSA) is 61.9 Å². The Morgan fingerprint density at radius 1 is 1.33 bits per heavy atom. The molecule has 2 amide bonds. The van der Waals surface area contributed by atoms with Gasteiger partial charge in [0.25, 0.3) is 0 Å². The van der Waals surface area contributed by atoms with E-state index in [1.165, 1.54) is 0 Å². The number of carbonyl (C=O) groups excluding carboxylic acids is 2. The molecule has 1 saturated heterocycles. The minimum atomic E-state index is -0.147. The van der Waals surface area contributed by atoms with E-state index in [1.54, 1.807) is 23.8 Å². The lowest BCUT2D eigenvalue weighted by molar-refractivity contribution is -0.135. The van der Waals surface area contributed by atoms with Gasteiger partial charge in [0.1, 0.15) is 17.7 Å². The number of methoxy groups -OCH3 is 1. The number of hydrogen-bond acceptors (Lipinski definition) is 5. The molecule has 1 aliphatic heterocycles. The molecule has 0 bridgehead atoms. The summed E-state index contributed by atoms with van der Waals surface area (Å²) < 4.78 is 5.17. The molecule has 2 rings (SSSR count). The lowest BCUT2D eigenvalue weighted by Gasteiger charge is -2.24. The average molecular weight is 351 g/mol. The van der Waals surface area contributed by atoms with Crippen molar-refractivity contribution in [2.45, 2.75) is 17.5 Å². The van der Waals surface area contributed by atoms with Gasteiger partial charge in [-0.15, -0.1) is 11.8 Å². The molecule has 7 heteroatoms. The van der Waals surface area contributed by atoms with E-state index in [1.807, 2.05) is 50.2 Å². The number of amides is 2. The fraction of sp³-hybridized carbons (Fsp3) is 0.529. The zero-order chi connectivity index (χ0) is 17.7. The SMILES string of the molecule is COc1ccc([C@@H]2S[C@H](C)C(=O)N2CC(=O)NCCN(C)C)cc1. The normalized spacial score (nSPS) is 20.5. The first kappa shape index (κ1) is 18.6. The number of thioether (sulfide) groups is 1. The molecule has 1 fully saturated rings. The zero-order valence-electron chi connectivity index (χ0n) is 14.6. The van der Waals surface area contributed by atoms with E-state index in [0.717, 1.165) is 17.9 Å². The van der Waals surface area contributed by atoms with Gasteiger partial charge in [0.2, 0.25) is 11.8 Å². The molecule has 24 heavy (non-hydrogen) atoms. The van der Waals surface area contributed by atoms with Crippen LogP contribution in [0.1, 0.15) is 17.9 Å². The minimum Gasteiger partial charge on any atom is -0.497 e. The van der Waals surface area contributed by atoms with Gasteiger partial charge < -0.3 is 19.9 Å². The summed E-state index contributed by atoms with van der Waals surface area (Å²) in [5, 5.41) is 2.58. The Morgan fingerprint density at radius 2 is 2.00 bits per heavy atom. The first-order chi connectivity index (χ1) is 11.4. The van der Waals surface area contributed by atoms with Crippen molar-refractivity contribution >= 4 is 23.6 Å². The molecule has 0 radical (unpaired) electrons. The van der Waals surface area contributed by atoms with Gasteiger partial charge in [-0.3, -0.25) is 9.59 Å². The molecular formula is C17H25N3O3S. The van der Waals surface area contributed by atoms with E-state index in [0.29, 0.717) is 6.54 Å². The summed E-state index contributed by atoms with van der Waals surface area (Å²) in [6.45, 7) is 3.31. The van der Waals surface area contributed by atoms with Crippen molar-refractivity contribution in [2.75, 3.05) is 40.8 Å². The Kier molecular flexibility index (Phi) is 6.51. The molecule has 0 unspecified atom stereocenters. The fourth-order valence-electron chi connectivity index (χ4n) is 2.49. The number of carbonyl (C=O) groups is 2. The Labute approximate surface area is 147 Å². The van der Waals surface area contributed by atoms with E-state index in [9.17, 15) is 9.59 Å². The van der Waals surface area contributed by atoms with Crippen LogP contribution in [0.15, 0.2) is 24.3 Å². The Morgan fingerprint density at radius 3 is 2.58 bits per heavy atom. The summed E-state index contributed by atoms with van der Waals surface area (Å²) in [6.07, 6.45) is 0. The molecule has 1 aromatic rings. The Hall–Kier alpha value is -1.73. The highest BCUT2D eigenvalue weighted by Gasteiger charge is 2.39.